The second-order valence-corrected chi connectivity index (χ2v) is 5.91. The molecular weight excluding hydrogens is 220 g/mol. The minimum atomic E-state index is 0.224. The van der Waals surface area contributed by atoms with Crippen molar-refractivity contribution in [2.45, 2.75) is 39.0 Å². The van der Waals surface area contributed by atoms with Crippen molar-refractivity contribution in [3.8, 4) is 6.07 Å². The van der Waals surface area contributed by atoms with Gasteiger partial charge in [-0.1, -0.05) is 45.0 Å². The van der Waals surface area contributed by atoms with Crippen LogP contribution < -0.4 is 0 Å². The van der Waals surface area contributed by atoms with Crippen LogP contribution in [0.5, 0.6) is 0 Å². The van der Waals surface area contributed by atoms with Crippen LogP contribution >= 0.6 is 0 Å². The average molecular weight is 244 g/mol. The average Bonchev–Trinajstić information content (AvgIpc) is 2.33. The highest BCUT2D eigenvalue weighted by atomic mass is 15.1. The van der Waals surface area contributed by atoms with Gasteiger partial charge >= 0.3 is 0 Å². The van der Waals surface area contributed by atoms with E-state index in [1.807, 2.05) is 0 Å². The first kappa shape index (κ1) is 14.7. The highest BCUT2D eigenvalue weighted by Gasteiger charge is 2.12. The van der Waals surface area contributed by atoms with Crippen molar-refractivity contribution in [1.29, 1.82) is 5.26 Å². The van der Waals surface area contributed by atoms with Gasteiger partial charge in [0.25, 0.3) is 0 Å². The van der Waals surface area contributed by atoms with Gasteiger partial charge in [0.15, 0.2) is 0 Å². The zero-order valence-corrected chi connectivity index (χ0v) is 12.0. The minimum absolute atomic E-state index is 0.224. The molecule has 2 nitrogen and oxygen atoms in total. The van der Waals surface area contributed by atoms with Gasteiger partial charge in [0.1, 0.15) is 0 Å². The lowest BCUT2D eigenvalue weighted by molar-refractivity contribution is 0.346. The van der Waals surface area contributed by atoms with Crippen LogP contribution in [0.1, 0.15) is 38.3 Å². The Kier molecular flexibility index (Phi) is 5.37. The zero-order chi connectivity index (χ0) is 13.6. The molecule has 1 rings (SSSR count). The van der Waals surface area contributed by atoms with Gasteiger partial charge < -0.3 is 4.90 Å². The van der Waals surface area contributed by atoms with Crippen LogP contribution in [-0.4, -0.2) is 25.0 Å². The van der Waals surface area contributed by atoms with Crippen LogP contribution in [0.15, 0.2) is 24.3 Å². The van der Waals surface area contributed by atoms with Crippen molar-refractivity contribution >= 4 is 0 Å². The van der Waals surface area contributed by atoms with Crippen molar-refractivity contribution in [3.63, 3.8) is 0 Å². The third-order valence-electron chi connectivity index (χ3n) is 3.21. The molecule has 0 radical (unpaired) electrons. The number of hydrogen-bond acceptors (Lipinski definition) is 2. The molecule has 0 saturated carbocycles. The molecule has 0 amide bonds. The number of likely N-dealkylation sites (N-methyl/N-ethyl adjacent to an activating group) is 1. The largest absolute Gasteiger partial charge is 0.305 e. The quantitative estimate of drug-likeness (QED) is 0.794. The van der Waals surface area contributed by atoms with E-state index in [0.29, 0.717) is 6.42 Å². The van der Waals surface area contributed by atoms with Crippen LogP contribution in [0.3, 0.4) is 0 Å². The summed E-state index contributed by atoms with van der Waals surface area (Å²) >= 11 is 0. The van der Waals surface area contributed by atoms with Gasteiger partial charge in [-0.15, -0.1) is 0 Å². The maximum Gasteiger partial charge on any atom is 0.0635 e. The normalized spacial score (nSPS) is 11.6. The number of rotatable bonds is 5. The molecule has 0 saturated heterocycles. The van der Waals surface area contributed by atoms with Gasteiger partial charge in [0.2, 0.25) is 0 Å². The molecule has 0 unspecified atom stereocenters. The molecule has 0 atom stereocenters. The molecule has 18 heavy (non-hydrogen) atoms. The molecule has 0 aliphatic rings. The van der Waals surface area contributed by atoms with E-state index < -0.39 is 0 Å². The molecule has 98 valence electrons. The molecule has 0 aliphatic carbocycles. The van der Waals surface area contributed by atoms with Crippen LogP contribution in [0.4, 0.5) is 0 Å². The number of nitrogens with zero attached hydrogens (tertiary/aromatic N) is 2. The second-order valence-electron chi connectivity index (χ2n) is 5.91. The fourth-order valence-electron chi connectivity index (χ4n) is 1.84. The Labute approximate surface area is 111 Å². The predicted molar refractivity (Wildman–Crippen MR) is 76.6 cm³/mol. The van der Waals surface area contributed by atoms with Gasteiger partial charge in [-0.2, -0.15) is 5.26 Å². The van der Waals surface area contributed by atoms with Gasteiger partial charge in [-0.3, -0.25) is 0 Å². The van der Waals surface area contributed by atoms with E-state index in [-0.39, 0.29) is 5.41 Å². The smallest absolute Gasteiger partial charge is 0.0635 e. The topological polar surface area (TPSA) is 27.0 Å². The van der Waals surface area contributed by atoms with Gasteiger partial charge in [-0.05, 0) is 30.0 Å². The highest BCUT2D eigenvalue weighted by Crippen LogP contribution is 2.22. The van der Waals surface area contributed by atoms with Crippen molar-refractivity contribution in [2.75, 3.05) is 20.1 Å². The summed E-state index contributed by atoms with van der Waals surface area (Å²) in [6, 6.07) is 11.1. The summed E-state index contributed by atoms with van der Waals surface area (Å²) in [5, 5.41) is 8.53. The first-order valence-corrected chi connectivity index (χ1v) is 6.58. The zero-order valence-electron chi connectivity index (χ0n) is 12.0. The van der Waals surface area contributed by atoms with Crippen molar-refractivity contribution in [1.82, 2.24) is 4.90 Å². The van der Waals surface area contributed by atoms with Crippen LogP contribution in [0, 0.1) is 11.3 Å². The summed E-state index contributed by atoms with van der Waals surface area (Å²) in [5.41, 5.74) is 2.97. The predicted octanol–water partition coefficient (Wildman–Crippen LogP) is 3.37. The summed E-state index contributed by atoms with van der Waals surface area (Å²) < 4.78 is 0. The Bertz CT molecular complexity index is 393. The Balaban J connectivity index is 2.47. The molecule has 0 aromatic heterocycles. The summed E-state index contributed by atoms with van der Waals surface area (Å²) in [5.74, 6) is 0. The summed E-state index contributed by atoms with van der Waals surface area (Å²) in [4.78, 5) is 2.21. The van der Waals surface area contributed by atoms with Crippen molar-refractivity contribution in [2.24, 2.45) is 0 Å². The van der Waals surface area contributed by atoms with Crippen molar-refractivity contribution < 1.29 is 0 Å². The molecule has 1 aromatic rings. The number of nitriles is 1. The Morgan fingerprint density at radius 2 is 1.72 bits per heavy atom. The Hall–Kier alpha value is -1.33. The first-order valence-electron chi connectivity index (χ1n) is 6.58. The van der Waals surface area contributed by atoms with Crippen molar-refractivity contribution in [3.05, 3.63) is 35.4 Å². The molecule has 1 aromatic carbocycles. The van der Waals surface area contributed by atoms with E-state index in [9.17, 15) is 0 Å². The van der Waals surface area contributed by atoms with Gasteiger partial charge in [0, 0.05) is 19.5 Å². The lowest BCUT2D eigenvalue weighted by Gasteiger charge is -2.19. The third-order valence-corrected chi connectivity index (χ3v) is 3.21. The Morgan fingerprint density at radius 3 is 2.22 bits per heavy atom. The summed E-state index contributed by atoms with van der Waals surface area (Å²) in [6.45, 7) is 8.57. The maximum atomic E-state index is 8.53. The van der Waals surface area contributed by atoms with E-state index in [1.54, 1.807) is 0 Å². The SMILES string of the molecule is CN(CCC#N)CCc1ccc(C(C)(C)C)cc1. The molecule has 2 heteroatoms. The van der Waals surface area contributed by atoms with Crippen LogP contribution in [-0.2, 0) is 11.8 Å². The molecule has 0 spiro atoms. The number of hydrogen-bond donors (Lipinski definition) is 0. The molecule has 0 aliphatic heterocycles. The molecular formula is C16H24N2. The number of benzene rings is 1. The van der Waals surface area contributed by atoms with Gasteiger partial charge in [-0.25, -0.2) is 0 Å². The lowest BCUT2D eigenvalue weighted by atomic mass is 9.86. The van der Waals surface area contributed by atoms with E-state index in [0.717, 1.165) is 19.5 Å². The summed E-state index contributed by atoms with van der Waals surface area (Å²) in [6.07, 6.45) is 1.66. The minimum Gasteiger partial charge on any atom is -0.305 e. The second kappa shape index (κ2) is 6.56. The highest BCUT2D eigenvalue weighted by molar-refractivity contribution is 5.27. The van der Waals surface area contributed by atoms with E-state index in [2.05, 4.69) is 63.1 Å². The standard InChI is InChI=1S/C16H24N2/c1-16(2,3)15-8-6-14(7-9-15)10-13-18(4)12-5-11-17/h6-9H,5,10,12-13H2,1-4H3. The van der Waals surface area contributed by atoms with Gasteiger partial charge in [0.05, 0.1) is 6.07 Å². The molecule has 0 bridgehead atoms. The maximum absolute atomic E-state index is 8.53. The van der Waals surface area contributed by atoms with E-state index in [4.69, 9.17) is 5.26 Å². The van der Waals surface area contributed by atoms with E-state index >= 15 is 0 Å². The molecule has 0 N–H and O–H groups in total. The lowest BCUT2D eigenvalue weighted by Crippen LogP contribution is -2.22. The van der Waals surface area contributed by atoms with Crippen LogP contribution in [0.25, 0.3) is 0 Å². The fourth-order valence-corrected chi connectivity index (χ4v) is 1.84. The monoisotopic (exact) mass is 244 g/mol. The van der Waals surface area contributed by atoms with Crippen LogP contribution in [0.2, 0.25) is 0 Å². The summed E-state index contributed by atoms with van der Waals surface area (Å²) in [7, 11) is 2.07. The first-order chi connectivity index (χ1) is 8.43. The van der Waals surface area contributed by atoms with E-state index in [1.165, 1.54) is 11.1 Å². The third kappa shape index (κ3) is 4.89. The Morgan fingerprint density at radius 1 is 1.11 bits per heavy atom. The molecule has 0 fully saturated rings. The fraction of sp³-hybridized carbons (Fsp3) is 0.562. The molecule has 0 heterocycles.